The normalized spacial score (nSPS) is 10.3. The lowest BCUT2D eigenvalue weighted by Gasteiger charge is -2.10. The molecule has 0 saturated carbocycles. The van der Waals surface area contributed by atoms with Crippen LogP contribution in [0.2, 0.25) is 10.0 Å². The van der Waals surface area contributed by atoms with E-state index in [1.165, 1.54) is 0 Å². The van der Waals surface area contributed by atoms with Gasteiger partial charge in [0.05, 0.1) is 0 Å². The molecule has 0 heterocycles. The van der Waals surface area contributed by atoms with Crippen molar-refractivity contribution in [3.8, 4) is 0 Å². The van der Waals surface area contributed by atoms with Crippen LogP contribution >= 0.6 is 23.2 Å². The highest BCUT2D eigenvalue weighted by molar-refractivity contribution is 6.35. The number of carbonyl (C=O) groups excluding carboxylic acids is 1. The van der Waals surface area contributed by atoms with Gasteiger partial charge in [-0.15, -0.1) is 0 Å². The Balaban J connectivity index is 2.28. The third-order valence-corrected chi connectivity index (χ3v) is 3.41. The molecule has 2 nitrogen and oxygen atoms in total. The molecule has 0 unspecified atom stereocenters. The Morgan fingerprint density at radius 3 is 2.32 bits per heavy atom. The Bertz CT molecular complexity index is 618. The summed E-state index contributed by atoms with van der Waals surface area (Å²) < 4.78 is 0. The summed E-state index contributed by atoms with van der Waals surface area (Å²) in [6, 6.07) is 10.6. The highest BCUT2D eigenvalue weighted by atomic mass is 35.5. The molecular formula is C15H13Cl2NO. The van der Waals surface area contributed by atoms with Gasteiger partial charge in [0.25, 0.3) is 5.91 Å². The van der Waals surface area contributed by atoms with Gasteiger partial charge in [-0.1, -0.05) is 35.3 Å². The molecule has 0 radical (unpaired) electrons. The quantitative estimate of drug-likeness (QED) is 0.841. The minimum atomic E-state index is -0.224. The molecule has 2 aromatic carbocycles. The lowest BCUT2D eigenvalue weighted by atomic mass is 10.1. The zero-order valence-electron chi connectivity index (χ0n) is 10.6. The van der Waals surface area contributed by atoms with Crippen LogP contribution in [0.3, 0.4) is 0 Å². The van der Waals surface area contributed by atoms with E-state index in [9.17, 15) is 4.79 Å². The van der Waals surface area contributed by atoms with E-state index in [0.717, 1.165) is 16.8 Å². The third kappa shape index (κ3) is 3.28. The number of benzene rings is 2. The van der Waals surface area contributed by atoms with E-state index in [0.29, 0.717) is 15.6 Å². The summed E-state index contributed by atoms with van der Waals surface area (Å²) in [5.74, 6) is -0.224. The van der Waals surface area contributed by atoms with E-state index in [2.05, 4.69) is 5.32 Å². The van der Waals surface area contributed by atoms with Crippen molar-refractivity contribution in [2.75, 3.05) is 5.32 Å². The molecule has 1 N–H and O–H groups in total. The highest BCUT2D eigenvalue weighted by Crippen LogP contribution is 2.22. The van der Waals surface area contributed by atoms with E-state index in [4.69, 9.17) is 23.2 Å². The second kappa shape index (κ2) is 5.64. The van der Waals surface area contributed by atoms with Crippen LogP contribution < -0.4 is 5.32 Å². The first-order valence-electron chi connectivity index (χ1n) is 5.81. The predicted octanol–water partition coefficient (Wildman–Crippen LogP) is 4.86. The van der Waals surface area contributed by atoms with Crippen LogP contribution in [0, 0.1) is 13.8 Å². The summed E-state index contributed by atoms with van der Waals surface area (Å²) in [6.45, 7) is 3.97. The van der Waals surface area contributed by atoms with E-state index in [-0.39, 0.29) is 5.91 Å². The summed E-state index contributed by atoms with van der Waals surface area (Å²) in [5, 5.41) is 3.75. The van der Waals surface area contributed by atoms with Gasteiger partial charge in [-0.25, -0.2) is 0 Å². The van der Waals surface area contributed by atoms with Crippen LogP contribution in [0.5, 0.6) is 0 Å². The second-order valence-corrected chi connectivity index (χ2v) is 5.23. The van der Waals surface area contributed by atoms with Crippen LogP contribution in [-0.2, 0) is 0 Å². The number of anilines is 1. The van der Waals surface area contributed by atoms with E-state index in [1.54, 1.807) is 18.2 Å². The second-order valence-electron chi connectivity index (χ2n) is 4.36. The van der Waals surface area contributed by atoms with Crippen LogP contribution in [0.4, 0.5) is 5.69 Å². The van der Waals surface area contributed by atoms with Crippen LogP contribution in [-0.4, -0.2) is 5.91 Å². The molecular weight excluding hydrogens is 281 g/mol. The van der Waals surface area contributed by atoms with Crippen molar-refractivity contribution in [3.63, 3.8) is 0 Å². The van der Waals surface area contributed by atoms with Gasteiger partial charge >= 0.3 is 0 Å². The zero-order chi connectivity index (χ0) is 14.0. The molecule has 2 rings (SSSR count). The standard InChI is InChI=1S/C15H13Cl2NO/c1-9-4-3-5-14(10(9)2)18-15(19)11-6-12(16)8-13(17)7-11/h3-8H,1-2H3,(H,18,19). The van der Waals surface area contributed by atoms with Crippen molar-refractivity contribution in [1.82, 2.24) is 0 Å². The van der Waals surface area contributed by atoms with E-state index < -0.39 is 0 Å². The first-order valence-corrected chi connectivity index (χ1v) is 6.56. The molecule has 0 aromatic heterocycles. The lowest BCUT2D eigenvalue weighted by Crippen LogP contribution is -2.13. The molecule has 1 amide bonds. The smallest absolute Gasteiger partial charge is 0.255 e. The van der Waals surface area contributed by atoms with Crippen LogP contribution in [0.25, 0.3) is 0 Å². The van der Waals surface area contributed by atoms with Gasteiger partial charge in [-0.2, -0.15) is 0 Å². The zero-order valence-corrected chi connectivity index (χ0v) is 12.1. The van der Waals surface area contributed by atoms with Gasteiger partial charge in [0, 0.05) is 21.3 Å². The topological polar surface area (TPSA) is 29.1 Å². The van der Waals surface area contributed by atoms with Gasteiger partial charge in [-0.3, -0.25) is 4.79 Å². The SMILES string of the molecule is Cc1cccc(NC(=O)c2cc(Cl)cc(Cl)c2)c1C. The van der Waals surface area contributed by atoms with Crippen molar-refractivity contribution < 1.29 is 4.79 Å². The number of hydrogen-bond donors (Lipinski definition) is 1. The number of carbonyl (C=O) groups is 1. The molecule has 0 aliphatic carbocycles. The molecule has 0 atom stereocenters. The largest absolute Gasteiger partial charge is 0.322 e. The molecule has 0 saturated heterocycles. The number of rotatable bonds is 2. The maximum atomic E-state index is 12.2. The number of aryl methyl sites for hydroxylation is 1. The van der Waals surface area contributed by atoms with Gasteiger partial charge < -0.3 is 5.32 Å². The van der Waals surface area contributed by atoms with Crippen molar-refractivity contribution in [3.05, 3.63) is 63.1 Å². The van der Waals surface area contributed by atoms with E-state index >= 15 is 0 Å². The number of amides is 1. The molecule has 0 bridgehead atoms. The van der Waals surface area contributed by atoms with Crippen molar-refractivity contribution in [2.45, 2.75) is 13.8 Å². The summed E-state index contributed by atoms with van der Waals surface area (Å²) in [6.07, 6.45) is 0. The first kappa shape index (κ1) is 13.9. The predicted molar refractivity (Wildman–Crippen MR) is 80.3 cm³/mol. The highest BCUT2D eigenvalue weighted by Gasteiger charge is 2.10. The monoisotopic (exact) mass is 293 g/mol. The maximum absolute atomic E-state index is 12.2. The fraction of sp³-hybridized carbons (Fsp3) is 0.133. The number of halogens is 2. The van der Waals surface area contributed by atoms with Crippen LogP contribution in [0.15, 0.2) is 36.4 Å². The Kier molecular flexibility index (Phi) is 4.13. The van der Waals surface area contributed by atoms with Gasteiger partial charge in [0.2, 0.25) is 0 Å². The van der Waals surface area contributed by atoms with Crippen LogP contribution in [0.1, 0.15) is 21.5 Å². The maximum Gasteiger partial charge on any atom is 0.255 e. The van der Waals surface area contributed by atoms with Gasteiger partial charge in [0.1, 0.15) is 0 Å². The Hall–Kier alpha value is -1.51. The fourth-order valence-corrected chi connectivity index (χ4v) is 2.29. The summed E-state index contributed by atoms with van der Waals surface area (Å²) in [4.78, 5) is 12.2. The molecule has 4 heteroatoms. The summed E-state index contributed by atoms with van der Waals surface area (Å²) >= 11 is 11.8. The Morgan fingerprint density at radius 2 is 1.68 bits per heavy atom. The fourth-order valence-electron chi connectivity index (χ4n) is 1.77. The number of hydrogen-bond acceptors (Lipinski definition) is 1. The summed E-state index contributed by atoms with van der Waals surface area (Å²) in [7, 11) is 0. The molecule has 0 spiro atoms. The third-order valence-electron chi connectivity index (χ3n) is 2.98. The lowest BCUT2D eigenvalue weighted by molar-refractivity contribution is 0.102. The number of nitrogens with one attached hydrogen (secondary N) is 1. The van der Waals surface area contributed by atoms with Crippen molar-refractivity contribution in [2.24, 2.45) is 0 Å². The first-order chi connectivity index (χ1) is 8.97. The minimum absolute atomic E-state index is 0.224. The molecule has 0 fully saturated rings. The summed E-state index contributed by atoms with van der Waals surface area (Å²) in [5.41, 5.74) is 3.41. The molecule has 19 heavy (non-hydrogen) atoms. The average Bonchev–Trinajstić information content (AvgIpc) is 2.33. The molecule has 0 aliphatic rings. The molecule has 98 valence electrons. The average molecular weight is 294 g/mol. The Morgan fingerprint density at radius 1 is 1.05 bits per heavy atom. The van der Waals surface area contributed by atoms with E-state index in [1.807, 2.05) is 32.0 Å². The minimum Gasteiger partial charge on any atom is -0.322 e. The van der Waals surface area contributed by atoms with Crippen molar-refractivity contribution in [1.29, 1.82) is 0 Å². The van der Waals surface area contributed by atoms with Gasteiger partial charge in [-0.05, 0) is 49.2 Å². The molecule has 2 aromatic rings. The Labute approximate surface area is 122 Å². The molecule has 0 aliphatic heterocycles. The van der Waals surface area contributed by atoms with Crippen molar-refractivity contribution >= 4 is 34.8 Å². The van der Waals surface area contributed by atoms with Gasteiger partial charge in [0.15, 0.2) is 0 Å².